The summed E-state index contributed by atoms with van der Waals surface area (Å²) >= 11 is 0. The molecule has 1 aliphatic rings. The lowest BCUT2D eigenvalue weighted by Gasteiger charge is -2.28. The van der Waals surface area contributed by atoms with Crippen molar-refractivity contribution in [3.8, 4) is 0 Å². The molecule has 1 aromatic carbocycles. The van der Waals surface area contributed by atoms with Crippen molar-refractivity contribution in [3.05, 3.63) is 24.0 Å². The van der Waals surface area contributed by atoms with Gasteiger partial charge in [0.25, 0.3) is 0 Å². The van der Waals surface area contributed by atoms with Crippen LogP contribution in [-0.4, -0.2) is 79.7 Å². The summed E-state index contributed by atoms with van der Waals surface area (Å²) in [7, 11) is -3.67. The second kappa shape index (κ2) is 9.48. The van der Waals surface area contributed by atoms with Gasteiger partial charge in [-0.15, -0.1) is 0 Å². The zero-order valence-electron chi connectivity index (χ0n) is 19.1. The first kappa shape index (κ1) is 24.7. The zero-order valence-corrected chi connectivity index (χ0v) is 20.7. The van der Waals surface area contributed by atoms with E-state index in [1.54, 1.807) is 23.1 Å². The Bertz CT molecular complexity index is 1200. The molecule has 1 saturated heterocycles. The van der Waals surface area contributed by atoms with E-state index < -0.39 is 19.9 Å². The van der Waals surface area contributed by atoms with E-state index in [2.05, 4.69) is 4.98 Å². The van der Waals surface area contributed by atoms with Crippen LogP contribution in [0.2, 0.25) is 0 Å². The number of aromatic nitrogens is 2. The number of carbonyl (C=O) groups excluding carboxylic acids is 1. The number of rotatable bonds is 9. The van der Waals surface area contributed by atoms with Gasteiger partial charge in [-0.25, -0.2) is 26.1 Å². The van der Waals surface area contributed by atoms with Crippen LogP contribution in [-0.2, 0) is 37.6 Å². The standard InChI is InChI=1S/C21H32N4O5S2/c1-5-12-25(16-11-13-31(27,28)15-16)21(26)10-9-20-22-18-14-17(32(29,30)23(3)4)7-8-19(18)24(20)6-2/h7-8,14,16H,5-6,9-13,15H2,1-4H3. The minimum Gasteiger partial charge on any atom is -0.339 e. The molecule has 1 fully saturated rings. The molecule has 1 aliphatic heterocycles. The Kier molecular flexibility index (Phi) is 7.31. The summed E-state index contributed by atoms with van der Waals surface area (Å²) in [6, 6.07) is 4.63. The van der Waals surface area contributed by atoms with Crippen LogP contribution in [0.4, 0.5) is 0 Å². The number of imidazole rings is 1. The number of hydrogen-bond donors (Lipinski definition) is 0. The number of sulfone groups is 1. The molecule has 3 rings (SSSR count). The molecule has 32 heavy (non-hydrogen) atoms. The number of benzene rings is 1. The van der Waals surface area contributed by atoms with E-state index in [1.165, 1.54) is 14.1 Å². The lowest BCUT2D eigenvalue weighted by atomic mass is 10.1. The van der Waals surface area contributed by atoms with Gasteiger partial charge in [0.05, 0.1) is 27.4 Å². The summed E-state index contributed by atoms with van der Waals surface area (Å²) in [4.78, 5) is 19.5. The van der Waals surface area contributed by atoms with E-state index in [-0.39, 0.29) is 34.8 Å². The normalized spacial score (nSPS) is 18.5. The van der Waals surface area contributed by atoms with Crippen molar-refractivity contribution in [2.24, 2.45) is 0 Å². The zero-order chi connectivity index (χ0) is 23.7. The molecule has 0 spiro atoms. The van der Waals surface area contributed by atoms with Gasteiger partial charge in [-0.2, -0.15) is 0 Å². The van der Waals surface area contributed by atoms with E-state index in [0.29, 0.717) is 37.3 Å². The molecule has 1 aromatic heterocycles. The molecule has 1 unspecified atom stereocenters. The van der Waals surface area contributed by atoms with Gasteiger partial charge < -0.3 is 9.47 Å². The van der Waals surface area contributed by atoms with Gasteiger partial charge in [-0.3, -0.25) is 4.79 Å². The molecule has 178 valence electrons. The minimum absolute atomic E-state index is 0.0370. The monoisotopic (exact) mass is 484 g/mol. The van der Waals surface area contributed by atoms with Crippen LogP contribution >= 0.6 is 0 Å². The van der Waals surface area contributed by atoms with Crippen molar-refractivity contribution >= 4 is 36.8 Å². The second-order valence-corrected chi connectivity index (χ2v) is 12.7. The van der Waals surface area contributed by atoms with Gasteiger partial charge in [0.1, 0.15) is 5.82 Å². The Labute approximate surface area is 190 Å². The molecular weight excluding hydrogens is 452 g/mol. The van der Waals surface area contributed by atoms with Gasteiger partial charge in [0, 0.05) is 46.1 Å². The van der Waals surface area contributed by atoms with E-state index >= 15 is 0 Å². The van der Waals surface area contributed by atoms with Crippen LogP contribution in [0.15, 0.2) is 23.1 Å². The highest BCUT2D eigenvalue weighted by molar-refractivity contribution is 7.91. The molecule has 2 heterocycles. The van der Waals surface area contributed by atoms with Gasteiger partial charge in [-0.05, 0) is 38.0 Å². The van der Waals surface area contributed by atoms with Crippen molar-refractivity contribution < 1.29 is 21.6 Å². The molecule has 11 heteroatoms. The van der Waals surface area contributed by atoms with Crippen LogP contribution in [0.25, 0.3) is 11.0 Å². The second-order valence-electron chi connectivity index (χ2n) is 8.35. The number of aryl methyl sites for hydroxylation is 2. The highest BCUT2D eigenvalue weighted by Gasteiger charge is 2.34. The maximum absolute atomic E-state index is 13.0. The van der Waals surface area contributed by atoms with Crippen LogP contribution < -0.4 is 0 Å². The average molecular weight is 485 g/mol. The molecule has 9 nitrogen and oxygen atoms in total. The van der Waals surface area contributed by atoms with Crippen molar-refractivity contribution in [1.82, 2.24) is 18.8 Å². The maximum atomic E-state index is 13.0. The first-order valence-electron chi connectivity index (χ1n) is 10.9. The van der Waals surface area contributed by atoms with Crippen LogP contribution in [0.3, 0.4) is 0 Å². The van der Waals surface area contributed by atoms with E-state index in [1.807, 2.05) is 18.4 Å². The topological polar surface area (TPSA) is 110 Å². The van der Waals surface area contributed by atoms with Crippen LogP contribution in [0, 0.1) is 0 Å². The SMILES string of the molecule is CCCN(C(=O)CCc1nc2cc(S(=O)(=O)N(C)C)ccc2n1CC)C1CCS(=O)(=O)C1. The predicted molar refractivity (Wildman–Crippen MR) is 124 cm³/mol. The fraction of sp³-hybridized carbons (Fsp3) is 0.619. The van der Waals surface area contributed by atoms with Gasteiger partial charge in [-0.1, -0.05) is 6.92 Å². The number of hydrogen-bond acceptors (Lipinski definition) is 6. The summed E-state index contributed by atoms with van der Waals surface area (Å²) < 4.78 is 51.8. The largest absolute Gasteiger partial charge is 0.339 e. The molecule has 0 radical (unpaired) electrons. The van der Waals surface area contributed by atoms with Crippen molar-refractivity contribution in [3.63, 3.8) is 0 Å². The molecular formula is C21H32N4O5S2. The average Bonchev–Trinajstić information content (AvgIpc) is 3.28. The Balaban J connectivity index is 1.82. The molecule has 2 aromatic rings. The Hall–Kier alpha value is -1.98. The Morgan fingerprint density at radius 2 is 1.97 bits per heavy atom. The number of amides is 1. The fourth-order valence-corrected chi connectivity index (χ4v) is 6.86. The molecule has 0 saturated carbocycles. The van der Waals surface area contributed by atoms with Crippen molar-refractivity contribution in [2.75, 3.05) is 32.1 Å². The Morgan fingerprint density at radius 1 is 1.25 bits per heavy atom. The fourth-order valence-electron chi connectivity index (χ4n) is 4.21. The molecule has 0 bridgehead atoms. The maximum Gasteiger partial charge on any atom is 0.242 e. The molecule has 0 aliphatic carbocycles. The quantitative estimate of drug-likeness (QED) is 0.535. The van der Waals surface area contributed by atoms with Crippen molar-refractivity contribution in [1.29, 1.82) is 0 Å². The van der Waals surface area contributed by atoms with Gasteiger partial charge in [0.2, 0.25) is 15.9 Å². The third-order valence-corrected chi connectivity index (χ3v) is 9.45. The highest BCUT2D eigenvalue weighted by atomic mass is 32.2. The summed E-state index contributed by atoms with van der Waals surface area (Å²) in [6.45, 7) is 5.12. The van der Waals surface area contributed by atoms with Gasteiger partial charge in [0.15, 0.2) is 9.84 Å². The molecule has 1 amide bonds. The van der Waals surface area contributed by atoms with Crippen molar-refractivity contribution in [2.45, 2.75) is 57.0 Å². The molecule has 0 N–H and O–H groups in total. The van der Waals surface area contributed by atoms with E-state index in [9.17, 15) is 21.6 Å². The smallest absolute Gasteiger partial charge is 0.242 e. The summed E-state index contributed by atoms with van der Waals surface area (Å²) in [5.41, 5.74) is 1.39. The summed E-state index contributed by atoms with van der Waals surface area (Å²) in [6.07, 6.45) is 1.88. The number of nitrogens with zero attached hydrogens (tertiary/aromatic N) is 4. The predicted octanol–water partition coefficient (Wildman–Crippen LogP) is 1.66. The van der Waals surface area contributed by atoms with E-state index in [0.717, 1.165) is 16.2 Å². The highest BCUT2D eigenvalue weighted by Crippen LogP contribution is 2.24. The summed E-state index contributed by atoms with van der Waals surface area (Å²) in [5.74, 6) is 0.815. The lowest BCUT2D eigenvalue weighted by Crippen LogP contribution is -2.41. The number of carbonyl (C=O) groups is 1. The first-order chi connectivity index (χ1) is 15.0. The Morgan fingerprint density at radius 3 is 2.53 bits per heavy atom. The van der Waals surface area contributed by atoms with Gasteiger partial charge >= 0.3 is 0 Å². The first-order valence-corrected chi connectivity index (χ1v) is 14.2. The van der Waals surface area contributed by atoms with Crippen LogP contribution in [0.1, 0.15) is 38.9 Å². The van der Waals surface area contributed by atoms with E-state index in [4.69, 9.17) is 0 Å². The third kappa shape index (κ3) is 4.99. The lowest BCUT2D eigenvalue weighted by molar-refractivity contribution is -0.133. The summed E-state index contributed by atoms with van der Waals surface area (Å²) in [5, 5.41) is 0. The molecule has 1 atom stereocenters. The minimum atomic E-state index is -3.57. The number of sulfonamides is 1. The number of fused-ring (bicyclic) bond motifs is 1. The van der Waals surface area contributed by atoms with Crippen LogP contribution in [0.5, 0.6) is 0 Å². The third-order valence-electron chi connectivity index (χ3n) is 5.89.